The number of nitrogens with zero attached hydrogens (tertiary/aromatic N) is 1. The number of aryl methyl sites for hydroxylation is 1. The molecule has 0 fully saturated rings. The largest absolute Gasteiger partial charge is 0.489 e. The Morgan fingerprint density at radius 1 is 1.09 bits per heavy atom. The van der Waals surface area contributed by atoms with Crippen LogP contribution in [0.15, 0.2) is 54.6 Å². The van der Waals surface area contributed by atoms with Gasteiger partial charge < -0.3 is 15.8 Å². The number of nitrogens with two attached hydrogens (primary N) is 1. The molecule has 1 aromatic heterocycles. The molecule has 0 bridgehead atoms. The number of hydrogen-bond acceptors (Lipinski definition) is 6. The zero-order valence-corrected chi connectivity index (χ0v) is 19.0. The number of fused-ring (bicyclic) bond motifs is 1. The summed E-state index contributed by atoms with van der Waals surface area (Å²) in [6.45, 7) is 6.16. The molecule has 174 valence electrons. The molecular formula is C25H30N4O4. The smallest absolute Gasteiger partial charge is 0.265 e. The molecule has 2 atom stereocenters. The zero-order chi connectivity index (χ0) is 24.0. The minimum atomic E-state index is -0.966. The minimum absolute atomic E-state index is 0.140. The van der Waals surface area contributed by atoms with Crippen molar-refractivity contribution in [2.45, 2.75) is 45.9 Å². The van der Waals surface area contributed by atoms with E-state index in [0.717, 1.165) is 22.2 Å². The fourth-order valence-corrected chi connectivity index (χ4v) is 3.64. The molecule has 0 saturated heterocycles. The van der Waals surface area contributed by atoms with Crippen molar-refractivity contribution < 1.29 is 19.5 Å². The van der Waals surface area contributed by atoms with Gasteiger partial charge in [0.05, 0.1) is 5.52 Å². The van der Waals surface area contributed by atoms with Gasteiger partial charge in [0.15, 0.2) is 0 Å². The lowest BCUT2D eigenvalue weighted by atomic mass is 10.0. The van der Waals surface area contributed by atoms with E-state index in [1.807, 2.05) is 51.1 Å². The predicted molar refractivity (Wildman–Crippen MR) is 125 cm³/mol. The summed E-state index contributed by atoms with van der Waals surface area (Å²) in [5.41, 5.74) is 11.2. The van der Waals surface area contributed by atoms with Crippen LogP contribution < -0.4 is 21.3 Å². The Hall–Kier alpha value is -3.49. The van der Waals surface area contributed by atoms with Crippen molar-refractivity contribution in [3.05, 3.63) is 71.4 Å². The number of para-hydroxylation sites is 1. The highest BCUT2D eigenvalue weighted by Gasteiger charge is 2.25. The van der Waals surface area contributed by atoms with Crippen molar-refractivity contribution in [2.24, 2.45) is 11.7 Å². The van der Waals surface area contributed by atoms with Crippen molar-refractivity contribution in [1.82, 2.24) is 15.8 Å². The lowest BCUT2D eigenvalue weighted by molar-refractivity contribution is -0.135. The number of pyridine rings is 1. The Bertz CT molecular complexity index is 1120. The summed E-state index contributed by atoms with van der Waals surface area (Å²) in [5, 5.41) is 12.6. The van der Waals surface area contributed by atoms with Crippen LogP contribution in [0.3, 0.4) is 0 Å². The van der Waals surface area contributed by atoms with E-state index >= 15 is 0 Å². The lowest BCUT2D eigenvalue weighted by Gasteiger charge is -2.21. The molecule has 0 saturated carbocycles. The molecular weight excluding hydrogens is 420 g/mol. The molecule has 1 heterocycles. The van der Waals surface area contributed by atoms with E-state index in [4.69, 9.17) is 15.7 Å². The lowest BCUT2D eigenvalue weighted by Crippen LogP contribution is -2.49. The van der Waals surface area contributed by atoms with Gasteiger partial charge in [0.1, 0.15) is 24.4 Å². The van der Waals surface area contributed by atoms with Gasteiger partial charge in [-0.25, -0.2) is 5.48 Å². The number of hydroxylamine groups is 1. The highest BCUT2D eigenvalue weighted by molar-refractivity contribution is 5.89. The SMILES string of the molecule is Cc1cc(COc2ccc(C(N)C(=O)N[C@H](CC(C)C)C(=O)NO)cc2)c2ccccc2n1. The summed E-state index contributed by atoms with van der Waals surface area (Å²) < 4.78 is 5.95. The van der Waals surface area contributed by atoms with Crippen molar-refractivity contribution in [1.29, 1.82) is 0 Å². The molecule has 0 aliphatic carbocycles. The van der Waals surface area contributed by atoms with Gasteiger partial charge in [0, 0.05) is 16.6 Å². The maximum absolute atomic E-state index is 12.6. The summed E-state index contributed by atoms with van der Waals surface area (Å²) in [5.74, 6) is -0.396. The van der Waals surface area contributed by atoms with Gasteiger partial charge in [-0.3, -0.25) is 19.8 Å². The Morgan fingerprint density at radius 3 is 2.45 bits per heavy atom. The molecule has 3 aromatic rings. The Balaban J connectivity index is 1.65. The second-order valence-electron chi connectivity index (χ2n) is 8.44. The third kappa shape index (κ3) is 6.27. The Labute approximate surface area is 193 Å². The Kier molecular flexibility index (Phi) is 7.97. The van der Waals surface area contributed by atoms with E-state index < -0.39 is 23.9 Å². The molecule has 8 nitrogen and oxygen atoms in total. The summed E-state index contributed by atoms with van der Waals surface area (Å²) in [6, 6.07) is 15.1. The predicted octanol–water partition coefficient (Wildman–Crippen LogP) is 3.16. The molecule has 8 heteroatoms. The number of benzene rings is 2. The van der Waals surface area contributed by atoms with Gasteiger partial charge in [0.2, 0.25) is 5.91 Å². The van der Waals surface area contributed by atoms with Gasteiger partial charge in [-0.1, -0.05) is 44.2 Å². The number of carbonyl (C=O) groups is 2. The van der Waals surface area contributed by atoms with Gasteiger partial charge in [0.25, 0.3) is 5.91 Å². The van der Waals surface area contributed by atoms with Crippen LogP contribution in [0, 0.1) is 12.8 Å². The summed E-state index contributed by atoms with van der Waals surface area (Å²) >= 11 is 0. The number of nitrogens with one attached hydrogen (secondary N) is 2. The van der Waals surface area contributed by atoms with Gasteiger partial charge in [-0.15, -0.1) is 0 Å². The standard InChI is InChI=1S/C25H30N4O4/c1-15(2)12-22(24(30)29-32)28-25(31)23(26)17-8-10-19(11-9-17)33-14-18-13-16(3)27-21-7-5-4-6-20(18)21/h4-11,13,15,22-23,32H,12,14,26H2,1-3H3,(H,28,31)(H,29,30)/t22-,23?/m1/s1. The molecule has 33 heavy (non-hydrogen) atoms. The van der Waals surface area contributed by atoms with E-state index in [-0.39, 0.29) is 5.92 Å². The van der Waals surface area contributed by atoms with Crippen LogP contribution in [0.25, 0.3) is 10.9 Å². The monoisotopic (exact) mass is 450 g/mol. The first-order chi connectivity index (χ1) is 15.8. The molecule has 5 N–H and O–H groups in total. The van der Waals surface area contributed by atoms with Crippen molar-refractivity contribution >= 4 is 22.7 Å². The topological polar surface area (TPSA) is 127 Å². The highest BCUT2D eigenvalue weighted by Crippen LogP contribution is 2.22. The van der Waals surface area contributed by atoms with E-state index in [9.17, 15) is 9.59 Å². The van der Waals surface area contributed by atoms with Crippen LogP contribution in [0.2, 0.25) is 0 Å². The van der Waals surface area contributed by atoms with Crippen LogP contribution in [0.5, 0.6) is 5.75 Å². The molecule has 0 radical (unpaired) electrons. The number of hydrogen-bond donors (Lipinski definition) is 4. The van der Waals surface area contributed by atoms with Crippen molar-refractivity contribution in [2.75, 3.05) is 0 Å². The average molecular weight is 451 g/mol. The summed E-state index contributed by atoms with van der Waals surface area (Å²) in [7, 11) is 0. The first-order valence-electron chi connectivity index (χ1n) is 10.9. The molecule has 0 aliphatic heterocycles. The zero-order valence-electron chi connectivity index (χ0n) is 19.0. The number of amides is 2. The maximum Gasteiger partial charge on any atom is 0.265 e. The van der Waals surface area contributed by atoms with E-state index in [2.05, 4.69) is 10.3 Å². The van der Waals surface area contributed by atoms with Gasteiger partial charge >= 0.3 is 0 Å². The number of carbonyl (C=O) groups excluding carboxylic acids is 2. The van der Waals surface area contributed by atoms with Crippen molar-refractivity contribution in [3.8, 4) is 5.75 Å². The third-order valence-electron chi connectivity index (χ3n) is 5.30. The molecule has 2 amide bonds. The quantitative estimate of drug-likeness (QED) is 0.293. The molecule has 3 rings (SSSR count). The second-order valence-corrected chi connectivity index (χ2v) is 8.44. The summed E-state index contributed by atoms with van der Waals surface area (Å²) in [4.78, 5) is 29.0. The van der Waals surface area contributed by atoms with Crippen molar-refractivity contribution in [3.63, 3.8) is 0 Å². The van der Waals surface area contributed by atoms with Gasteiger partial charge in [-0.2, -0.15) is 0 Å². The van der Waals surface area contributed by atoms with Crippen LogP contribution in [-0.4, -0.2) is 28.0 Å². The summed E-state index contributed by atoms with van der Waals surface area (Å²) in [6.07, 6.45) is 0.376. The van der Waals surface area contributed by atoms with E-state index in [0.29, 0.717) is 24.3 Å². The number of rotatable bonds is 9. The van der Waals surface area contributed by atoms with Gasteiger partial charge in [-0.05, 0) is 49.1 Å². The first-order valence-corrected chi connectivity index (χ1v) is 10.9. The third-order valence-corrected chi connectivity index (χ3v) is 5.30. The second kappa shape index (κ2) is 10.9. The first kappa shape index (κ1) is 24.2. The van der Waals surface area contributed by atoms with E-state index in [1.165, 1.54) is 0 Å². The normalized spacial score (nSPS) is 12.9. The molecule has 0 spiro atoms. The van der Waals surface area contributed by atoms with Crippen LogP contribution in [-0.2, 0) is 16.2 Å². The van der Waals surface area contributed by atoms with E-state index in [1.54, 1.807) is 29.7 Å². The number of ether oxygens (including phenoxy) is 1. The van der Waals surface area contributed by atoms with Crippen LogP contribution in [0.4, 0.5) is 0 Å². The molecule has 1 unspecified atom stereocenters. The van der Waals surface area contributed by atoms with Crippen LogP contribution >= 0.6 is 0 Å². The molecule has 2 aromatic carbocycles. The molecule has 0 aliphatic rings. The Morgan fingerprint density at radius 2 is 1.79 bits per heavy atom. The fourth-order valence-electron chi connectivity index (χ4n) is 3.64. The fraction of sp³-hybridized carbons (Fsp3) is 0.320. The number of aromatic nitrogens is 1. The van der Waals surface area contributed by atoms with Crippen LogP contribution in [0.1, 0.15) is 43.1 Å². The minimum Gasteiger partial charge on any atom is -0.489 e. The highest BCUT2D eigenvalue weighted by atomic mass is 16.5. The maximum atomic E-state index is 12.6. The average Bonchev–Trinajstić information content (AvgIpc) is 2.81.